The van der Waals surface area contributed by atoms with E-state index in [1.165, 1.54) is 11.3 Å². The van der Waals surface area contributed by atoms with E-state index in [0.29, 0.717) is 5.56 Å². The number of ether oxygens (including phenoxy) is 1. The molecule has 2 aromatic carbocycles. The van der Waals surface area contributed by atoms with Crippen LogP contribution in [0.25, 0.3) is 11.1 Å². The lowest BCUT2D eigenvalue weighted by atomic mass is 9.95. The molecule has 1 aliphatic rings. The Labute approximate surface area is 166 Å². The lowest BCUT2D eigenvalue weighted by molar-refractivity contribution is -0.160. The highest BCUT2D eigenvalue weighted by Crippen LogP contribution is 2.44. The van der Waals surface area contributed by atoms with Crippen molar-refractivity contribution in [3.63, 3.8) is 0 Å². The number of esters is 1. The molecule has 28 heavy (non-hydrogen) atoms. The summed E-state index contributed by atoms with van der Waals surface area (Å²) in [4.78, 5) is 24.3. The molecular formula is C22H19NO4S. The summed E-state index contributed by atoms with van der Waals surface area (Å²) >= 11 is 1.40. The maximum Gasteiger partial charge on any atom is 0.322 e. The lowest BCUT2D eigenvalue weighted by Crippen LogP contribution is -2.36. The summed E-state index contributed by atoms with van der Waals surface area (Å²) < 4.78 is 5.49. The highest BCUT2D eigenvalue weighted by molar-refractivity contribution is 7.08. The normalized spacial score (nSPS) is 14.8. The largest absolute Gasteiger partial charge is 0.481 e. The van der Waals surface area contributed by atoms with Crippen LogP contribution in [0, 0.1) is 5.92 Å². The van der Waals surface area contributed by atoms with Gasteiger partial charge in [0.1, 0.15) is 6.61 Å². The van der Waals surface area contributed by atoms with E-state index in [1.807, 2.05) is 48.5 Å². The van der Waals surface area contributed by atoms with Crippen LogP contribution < -0.4 is 5.73 Å². The molecule has 2 atom stereocenters. The molecule has 1 aromatic heterocycles. The Morgan fingerprint density at radius 2 is 1.64 bits per heavy atom. The van der Waals surface area contributed by atoms with Crippen LogP contribution in [0.15, 0.2) is 65.4 Å². The molecule has 1 heterocycles. The molecule has 0 radical (unpaired) electrons. The van der Waals surface area contributed by atoms with Crippen molar-refractivity contribution in [3.05, 3.63) is 82.0 Å². The van der Waals surface area contributed by atoms with Crippen molar-refractivity contribution in [2.75, 3.05) is 6.61 Å². The summed E-state index contributed by atoms with van der Waals surface area (Å²) in [6.45, 7) is 0.0764. The van der Waals surface area contributed by atoms with Crippen LogP contribution in [-0.2, 0) is 14.3 Å². The molecule has 0 saturated heterocycles. The number of rotatable bonds is 6. The van der Waals surface area contributed by atoms with Crippen molar-refractivity contribution in [1.29, 1.82) is 0 Å². The molecule has 0 saturated carbocycles. The zero-order valence-corrected chi connectivity index (χ0v) is 15.8. The van der Waals surface area contributed by atoms with Crippen molar-refractivity contribution < 1.29 is 19.4 Å². The van der Waals surface area contributed by atoms with Crippen LogP contribution in [0.3, 0.4) is 0 Å². The Kier molecular flexibility index (Phi) is 4.98. The number of fused-ring (bicyclic) bond motifs is 3. The van der Waals surface area contributed by atoms with E-state index in [2.05, 4.69) is 0 Å². The Balaban J connectivity index is 1.55. The van der Waals surface area contributed by atoms with E-state index in [4.69, 9.17) is 10.5 Å². The Hall–Kier alpha value is -2.96. The Morgan fingerprint density at radius 1 is 1.04 bits per heavy atom. The van der Waals surface area contributed by atoms with Crippen molar-refractivity contribution in [3.8, 4) is 11.1 Å². The summed E-state index contributed by atoms with van der Waals surface area (Å²) in [7, 11) is 0. The van der Waals surface area contributed by atoms with Crippen LogP contribution >= 0.6 is 11.3 Å². The quantitative estimate of drug-likeness (QED) is 0.491. The topological polar surface area (TPSA) is 89.6 Å². The van der Waals surface area contributed by atoms with E-state index in [0.717, 1.165) is 22.3 Å². The second-order valence-electron chi connectivity index (χ2n) is 6.76. The van der Waals surface area contributed by atoms with Crippen LogP contribution in [-0.4, -0.2) is 23.7 Å². The molecule has 3 N–H and O–H groups in total. The predicted molar refractivity (Wildman–Crippen MR) is 107 cm³/mol. The summed E-state index contributed by atoms with van der Waals surface area (Å²) in [5, 5.41) is 13.1. The first kappa shape index (κ1) is 18.4. The zero-order chi connectivity index (χ0) is 19.7. The predicted octanol–water partition coefficient (Wildman–Crippen LogP) is 3.80. The van der Waals surface area contributed by atoms with Crippen LogP contribution in [0.1, 0.15) is 28.7 Å². The Morgan fingerprint density at radius 3 is 2.18 bits per heavy atom. The number of benzene rings is 2. The molecule has 0 aliphatic heterocycles. The van der Waals surface area contributed by atoms with Crippen LogP contribution in [0.5, 0.6) is 0 Å². The maximum absolute atomic E-state index is 12.6. The van der Waals surface area contributed by atoms with Crippen molar-refractivity contribution >= 4 is 23.3 Å². The van der Waals surface area contributed by atoms with Gasteiger partial charge in [-0.3, -0.25) is 9.59 Å². The highest BCUT2D eigenvalue weighted by atomic mass is 32.1. The molecule has 0 amide bonds. The number of hydrogen-bond acceptors (Lipinski definition) is 5. The molecule has 1 aliphatic carbocycles. The van der Waals surface area contributed by atoms with Gasteiger partial charge in [-0.15, -0.1) is 0 Å². The van der Waals surface area contributed by atoms with E-state index in [1.54, 1.807) is 16.8 Å². The van der Waals surface area contributed by atoms with Gasteiger partial charge in [0.05, 0.1) is 6.04 Å². The summed E-state index contributed by atoms with van der Waals surface area (Å²) in [5.41, 5.74) is 11.0. The first-order chi connectivity index (χ1) is 13.6. The number of carbonyl (C=O) groups is 2. The average molecular weight is 393 g/mol. The fourth-order valence-corrected chi connectivity index (χ4v) is 4.46. The van der Waals surface area contributed by atoms with E-state index >= 15 is 0 Å². The first-order valence-corrected chi connectivity index (χ1v) is 9.87. The standard InChI is InChI=1S/C22H19NO4S/c23-20(13-9-10-28-12-13)19(21(24)25)22(26)27-11-18-16-7-3-1-5-14(16)15-6-2-4-8-17(15)18/h1-10,12,18-20H,11,23H2,(H,24,25)/t19-,20?/m1/s1. The van der Waals surface area contributed by atoms with Gasteiger partial charge in [0.2, 0.25) is 0 Å². The fourth-order valence-electron chi connectivity index (χ4n) is 3.75. The van der Waals surface area contributed by atoms with Gasteiger partial charge >= 0.3 is 11.9 Å². The Bertz CT molecular complexity index is 969. The number of thiophene rings is 1. The molecule has 3 aromatic rings. The van der Waals surface area contributed by atoms with Gasteiger partial charge in [0.15, 0.2) is 5.92 Å². The SMILES string of the molecule is NC(c1ccsc1)[C@H](C(=O)O)C(=O)OCC1c2ccccc2-c2ccccc21. The molecule has 0 fully saturated rings. The number of carboxylic acids is 1. The number of carbonyl (C=O) groups excluding carboxylic acids is 1. The summed E-state index contributed by atoms with van der Waals surface area (Å²) in [6.07, 6.45) is 0. The first-order valence-electron chi connectivity index (χ1n) is 8.93. The molecule has 0 bridgehead atoms. The summed E-state index contributed by atoms with van der Waals surface area (Å²) in [5.74, 6) is -3.66. The molecule has 4 rings (SSSR count). The fraction of sp³-hybridized carbons (Fsp3) is 0.182. The van der Waals surface area contributed by atoms with Gasteiger partial charge in [-0.1, -0.05) is 48.5 Å². The third kappa shape index (κ3) is 3.21. The minimum atomic E-state index is -1.44. The van der Waals surface area contributed by atoms with Gasteiger partial charge in [0.25, 0.3) is 0 Å². The highest BCUT2D eigenvalue weighted by Gasteiger charge is 2.37. The minimum absolute atomic E-state index is 0.0764. The second-order valence-corrected chi connectivity index (χ2v) is 7.54. The maximum atomic E-state index is 12.6. The molecule has 6 heteroatoms. The van der Waals surface area contributed by atoms with E-state index < -0.39 is 23.9 Å². The minimum Gasteiger partial charge on any atom is -0.481 e. The number of nitrogens with two attached hydrogens (primary N) is 1. The molecule has 142 valence electrons. The average Bonchev–Trinajstić information content (AvgIpc) is 3.33. The molecule has 1 unspecified atom stereocenters. The van der Waals surface area contributed by atoms with E-state index in [-0.39, 0.29) is 12.5 Å². The smallest absolute Gasteiger partial charge is 0.322 e. The van der Waals surface area contributed by atoms with Crippen molar-refractivity contribution in [1.82, 2.24) is 0 Å². The zero-order valence-electron chi connectivity index (χ0n) is 14.9. The van der Waals surface area contributed by atoms with Crippen LogP contribution in [0.4, 0.5) is 0 Å². The van der Waals surface area contributed by atoms with Crippen molar-refractivity contribution in [2.24, 2.45) is 11.7 Å². The van der Waals surface area contributed by atoms with Gasteiger partial charge in [-0.25, -0.2) is 0 Å². The van der Waals surface area contributed by atoms with Crippen LogP contribution in [0.2, 0.25) is 0 Å². The van der Waals surface area contributed by atoms with Crippen molar-refractivity contribution in [2.45, 2.75) is 12.0 Å². The lowest BCUT2D eigenvalue weighted by Gasteiger charge is -2.20. The molecule has 0 spiro atoms. The van der Waals surface area contributed by atoms with Gasteiger partial charge < -0.3 is 15.6 Å². The summed E-state index contributed by atoms with van der Waals surface area (Å²) in [6, 6.07) is 16.7. The third-order valence-electron chi connectivity index (χ3n) is 5.16. The van der Waals surface area contributed by atoms with Gasteiger partial charge in [-0.05, 0) is 44.6 Å². The van der Waals surface area contributed by atoms with Gasteiger partial charge in [-0.2, -0.15) is 11.3 Å². The van der Waals surface area contributed by atoms with Gasteiger partial charge in [0, 0.05) is 5.92 Å². The van der Waals surface area contributed by atoms with E-state index in [9.17, 15) is 14.7 Å². The third-order valence-corrected chi connectivity index (χ3v) is 5.86. The monoisotopic (exact) mass is 393 g/mol. The number of aliphatic carboxylic acids is 1. The number of carboxylic acid groups (broad SMARTS) is 1. The molecular weight excluding hydrogens is 374 g/mol. The number of hydrogen-bond donors (Lipinski definition) is 2. The molecule has 5 nitrogen and oxygen atoms in total. The second kappa shape index (κ2) is 7.58.